The fourth-order valence-corrected chi connectivity index (χ4v) is 4.15. The Morgan fingerprint density at radius 1 is 1.03 bits per heavy atom. The molecular formula is C29H44N4O2. The van der Waals surface area contributed by atoms with E-state index in [1.54, 1.807) is 23.6 Å². The maximum absolute atomic E-state index is 13.0. The van der Waals surface area contributed by atoms with E-state index in [1.807, 2.05) is 30.3 Å². The number of imidazole rings is 1. The number of aromatic nitrogens is 2. The molecule has 0 unspecified atom stereocenters. The standard InChI is InChI=1S/C29H44N4O2/c1-29(2,3)19-15-11-9-7-6-8-10-12-16-20-35-23-33-26-18-14-13-17-25(26)31-28(33)27(34)24(21-30)22-32(4)5/h13-14,17-18,22H,6-12,15-16,19-20,23H2,1-5H3/b24-22+. The van der Waals surface area contributed by atoms with E-state index in [2.05, 4.69) is 25.8 Å². The third kappa shape index (κ3) is 10.2. The van der Waals surface area contributed by atoms with Crippen molar-refractivity contribution in [3.63, 3.8) is 0 Å². The van der Waals surface area contributed by atoms with Crippen LogP contribution in [0.1, 0.15) is 95.6 Å². The number of Topliss-reactive ketones (excluding diaryl/α,β-unsaturated/α-hetero) is 1. The predicted octanol–water partition coefficient (Wildman–Crippen LogP) is 7.11. The first-order valence-corrected chi connectivity index (χ1v) is 13.1. The van der Waals surface area contributed by atoms with Crippen molar-refractivity contribution in [2.45, 2.75) is 91.7 Å². The average Bonchev–Trinajstić information content (AvgIpc) is 3.17. The molecule has 0 amide bonds. The summed E-state index contributed by atoms with van der Waals surface area (Å²) in [6, 6.07) is 9.60. The molecule has 192 valence electrons. The van der Waals surface area contributed by atoms with Crippen molar-refractivity contribution < 1.29 is 9.53 Å². The Labute approximate surface area is 212 Å². The van der Waals surface area contributed by atoms with Gasteiger partial charge in [-0.1, -0.05) is 84.3 Å². The molecule has 0 saturated heterocycles. The van der Waals surface area contributed by atoms with E-state index >= 15 is 0 Å². The summed E-state index contributed by atoms with van der Waals surface area (Å²) < 4.78 is 7.70. The number of carbonyl (C=O) groups is 1. The first-order valence-electron chi connectivity index (χ1n) is 13.1. The van der Waals surface area contributed by atoms with Gasteiger partial charge in [-0.05, 0) is 30.4 Å². The molecule has 2 aromatic rings. The topological polar surface area (TPSA) is 71.2 Å². The largest absolute Gasteiger partial charge is 0.382 e. The van der Waals surface area contributed by atoms with Crippen molar-refractivity contribution >= 4 is 16.8 Å². The number of ketones is 1. The highest BCUT2D eigenvalue weighted by Crippen LogP contribution is 2.23. The zero-order valence-corrected chi connectivity index (χ0v) is 22.5. The SMILES string of the molecule is CN(C)/C=C(\C#N)C(=O)c1nc2ccccc2n1COCCCCCCCCCCCC(C)(C)C. The number of benzene rings is 1. The molecular weight excluding hydrogens is 436 g/mol. The molecule has 1 heterocycles. The Kier molecular flexibility index (Phi) is 12.0. The molecule has 0 spiro atoms. The maximum atomic E-state index is 13.0. The van der Waals surface area contributed by atoms with E-state index in [0.29, 0.717) is 12.0 Å². The third-order valence-corrected chi connectivity index (χ3v) is 6.05. The lowest BCUT2D eigenvalue weighted by Crippen LogP contribution is -2.16. The Morgan fingerprint density at radius 3 is 2.23 bits per heavy atom. The summed E-state index contributed by atoms with van der Waals surface area (Å²) in [5.74, 6) is -0.150. The molecule has 0 aliphatic heterocycles. The average molecular weight is 481 g/mol. The highest BCUT2D eigenvalue weighted by atomic mass is 16.5. The minimum absolute atomic E-state index is 0.0563. The summed E-state index contributed by atoms with van der Waals surface area (Å²) in [5, 5.41) is 9.46. The Bertz CT molecular complexity index is 992. The molecule has 0 aliphatic carbocycles. The first-order chi connectivity index (χ1) is 16.7. The van der Waals surface area contributed by atoms with Gasteiger partial charge >= 0.3 is 0 Å². The van der Waals surface area contributed by atoms with Crippen LogP contribution in [0.2, 0.25) is 0 Å². The third-order valence-electron chi connectivity index (χ3n) is 6.05. The van der Waals surface area contributed by atoms with Crippen molar-refractivity contribution in [3.05, 3.63) is 41.9 Å². The van der Waals surface area contributed by atoms with E-state index in [0.717, 1.165) is 23.9 Å². The number of allylic oxidation sites excluding steroid dienone is 1. The monoisotopic (exact) mass is 480 g/mol. The Morgan fingerprint density at radius 2 is 1.63 bits per heavy atom. The molecule has 6 nitrogen and oxygen atoms in total. The molecule has 0 aliphatic rings. The molecule has 35 heavy (non-hydrogen) atoms. The second-order valence-electron chi connectivity index (χ2n) is 10.8. The maximum Gasteiger partial charge on any atom is 0.240 e. The van der Waals surface area contributed by atoms with Crippen LogP contribution in [-0.2, 0) is 11.5 Å². The van der Waals surface area contributed by atoms with E-state index in [-0.39, 0.29) is 23.9 Å². The van der Waals surface area contributed by atoms with Gasteiger partial charge in [-0.2, -0.15) is 5.26 Å². The fraction of sp³-hybridized carbons (Fsp3) is 0.621. The van der Waals surface area contributed by atoms with E-state index in [4.69, 9.17) is 4.74 Å². The molecule has 2 rings (SSSR count). The van der Waals surface area contributed by atoms with Crippen molar-refractivity contribution in [3.8, 4) is 6.07 Å². The van der Waals surface area contributed by atoms with Crippen LogP contribution < -0.4 is 0 Å². The number of para-hydroxylation sites is 2. The van der Waals surface area contributed by atoms with E-state index < -0.39 is 0 Å². The number of unbranched alkanes of at least 4 members (excludes halogenated alkanes) is 8. The number of ether oxygens (including phenoxy) is 1. The number of rotatable bonds is 16. The molecule has 1 aromatic carbocycles. The molecule has 0 N–H and O–H groups in total. The Balaban J connectivity index is 1.74. The molecule has 0 saturated carbocycles. The van der Waals surface area contributed by atoms with Gasteiger partial charge in [0.05, 0.1) is 11.0 Å². The van der Waals surface area contributed by atoms with Gasteiger partial charge in [0, 0.05) is 26.9 Å². The molecule has 6 heteroatoms. The highest BCUT2D eigenvalue weighted by molar-refractivity contribution is 6.10. The van der Waals surface area contributed by atoms with Crippen LogP contribution in [0.5, 0.6) is 0 Å². The van der Waals surface area contributed by atoms with Gasteiger partial charge < -0.3 is 9.64 Å². The minimum Gasteiger partial charge on any atom is -0.382 e. The van der Waals surface area contributed by atoms with E-state index in [1.165, 1.54) is 57.6 Å². The molecule has 0 atom stereocenters. The molecule has 0 radical (unpaired) electrons. The van der Waals surface area contributed by atoms with Crippen LogP contribution in [0.4, 0.5) is 0 Å². The zero-order chi connectivity index (χ0) is 25.7. The summed E-state index contributed by atoms with van der Waals surface area (Å²) in [6.45, 7) is 7.85. The van der Waals surface area contributed by atoms with Crippen molar-refractivity contribution in [2.24, 2.45) is 5.41 Å². The predicted molar refractivity (Wildman–Crippen MR) is 143 cm³/mol. The van der Waals surface area contributed by atoms with Crippen molar-refractivity contribution in [1.29, 1.82) is 5.26 Å². The van der Waals surface area contributed by atoms with Gasteiger partial charge in [0.15, 0.2) is 5.82 Å². The second-order valence-corrected chi connectivity index (χ2v) is 10.8. The molecule has 0 bridgehead atoms. The second kappa shape index (κ2) is 14.7. The number of fused-ring (bicyclic) bond motifs is 1. The van der Waals surface area contributed by atoms with Gasteiger partial charge in [0.25, 0.3) is 0 Å². The normalized spacial score (nSPS) is 12.2. The van der Waals surface area contributed by atoms with Crippen molar-refractivity contribution in [2.75, 3.05) is 20.7 Å². The quantitative estimate of drug-likeness (QED) is 0.111. The van der Waals surface area contributed by atoms with Gasteiger partial charge in [0.1, 0.15) is 18.4 Å². The number of hydrogen-bond donors (Lipinski definition) is 0. The number of hydrogen-bond acceptors (Lipinski definition) is 5. The summed E-state index contributed by atoms with van der Waals surface area (Å²) >= 11 is 0. The van der Waals surface area contributed by atoms with Gasteiger partial charge in [-0.3, -0.25) is 9.36 Å². The summed E-state index contributed by atoms with van der Waals surface area (Å²) in [7, 11) is 3.57. The van der Waals surface area contributed by atoms with Gasteiger partial charge in [0.2, 0.25) is 5.78 Å². The van der Waals surface area contributed by atoms with Crippen LogP contribution >= 0.6 is 0 Å². The highest BCUT2D eigenvalue weighted by Gasteiger charge is 2.21. The number of carbonyl (C=O) groups excluding carboxylic acids is 1. The van der Waals surface area contributed by atoms with Crippen LogP contribution in [0.3, 0.4) is 0 Å². The number of nitrogens with zero attached hydrogens (tertiary/aromatic N) is 4. The van der Waals surface area contributed by atoms with Crippen LogP contribution in [0.15, 0.2) is 36.0 Å². The van der Waals surface area contributed by atoms with Crippen molar-refractivity contribution in [1.82, 2.24) is 14.5 Å². The molecule has 1 aromatic heterocycles. The zero-order valence-electron chi connectivity index (χ0n) is 22.5. The number of nitriles is 1. The lowest BCUT2D eigenvalue weighted by molar-refractivity contribution is 0.0725. The Hall–Kier alpha value is -2.65. The summed E-state index contributed by atoms with van der Waals surface area (Å²) in [4.78, 5) is 19.2. The van der Waals surface area contributed by atoms with Crippen LogP contribution in [-0.4, -0.2) is 40.9 Å². The summed E-state index contributed by atoms with van der Waals surface area (Å²) in [6.07, 6.45) is 14.3. The van der Waals surface area contributed by atoms with Crippen LogP contribution in [0, 0.1) is 16.7 Å². The lowest BCUT2D eigenvalue weighted by Gasteiger charge is -2.17. The lowest BCUT2D eigenvalue weighted by atomic mass is 9.89. The molecule has 0 fully saturated rings. The van der Waals surface area contributed by atoms with E-state index in [9.17, 15) is 10.1 Å². The smallest absolute Gasteiger partial charge is 0.240 e. The van der Waals surface area contributed by atoms with Gasteiger partial charge in [-0.15, -0.1) is 0 Å². The van der Waals surface area contributed by atoms with Gasteiger partial charge in [-0.25, -0.2) is 4.98 Å². The summed E-state index contributed by atoms with van der Waals surface area (Å²) in [5.41, 5.74) is 2.08. The minimum atomic E-state index is -0.389. The van der Waals surface area contributed by atoms with Crippen LogP contribution in [0.25, 0.3) is 11.0 Å². The first kappa shape index (κ1) is 28.6. The fourth-order valence-electron chi connectivity index (χ4n) is 4.15.